The monoisotopic (exact) mass is 361 g/mol. The number of anilines is 1. The fraction of sp³-hybridized carbons (Fsp3) is 0.263. The molecule has 0 radical (unpaired) electrons. The number of nitrogens with zero attached hydrogens (tertiary/aromatic N) is 2. The Balaban J connectivity index is 1.92. The summed E-state index contributed by atoms with van der Waals surface area (Å²) in [5.41, 5.74) is 1.05. The van der Waals surface area contributed by atoms with E-state index in [4.69, 9.17) is 0 Å². The molecule has 1 aromatic heterocycles. The van der Waals surface area contributed by atoms with E-state index in [0.29, 0.717) is 11.5 Å². The molecular formula is C19H18F3N3O. The number of nitrogens with one attached hydrogen (secondary N) is 1. The van der Waals surface area contributed by atoms with Gasteiger partial charge in [0.25, 0.3) is 5.91 Å². The largest absolute Gasteiger partial charge is 0.416 e. The molecule has 136 valence electrons. The molecule has 0 spiro atoms. The quantitative estimate of drug-likeness (QED) is 0.858. The van der Waals surface area contributed by atoms with Crippen LogP contribution >= 0.6 is 0 Å². The van der Waals surface area contributed by atoms with Gasteiger partial charge in [0.1, 0.15) is 0 Å². The highest BCUT2D eigenvalue weighted by molar-refractivity contribution is 6.06. The first kappa shape index (κ1) is 18.0. The zero-order valence-electron chi connectivity index (χ0n) is 14.3. The maximum atomic E-state index is 13.2. The van der Waals surface area contributed by atoms with Crippen molar-refractivity contribution in [1.82, 2.24) is 9.55 Å². The van der Waals surface area contributed by atoms with Crippen LogP contribution < -0.4 is 5.32 Å². The minimum Gasteiger partial charge on any atom is -0.322 e. The van der Waals surface area contributed by atoms with E-state index in [1.165, 1.54) is 29.4 Å². The Hall–Kier alpha value is -2.83. The summed E-state index contributed by atoms with van der Waals surface area (Å²) in [6, 6.07) is 3.43. The van der Waals surface area contributed by atoms with Crippen molar-refractivity contribution in [2.45, 2.75) is 26.4 Å². The van der Waals surface area contributed by atoms with Gasteiger partial charge in [0, 0.05) is 29.3 Å². The first-order valence-corrected chi connectivity index (χ1v) is 8.14. The number of alkyl halides is 3. The van der Waals surface area contributed by atoms with Crippen molar-refractivity contribution in [3.05, 3.63) is 65.8 Å². The Labute approximate surface area is 149 Å². The van der Waals surface area contributed by atoms with Crippen molar-refractivity contribution in [2.75, 3.05) is 5.32 Å². The smallest absolute Gasteiger partial charge is 0.322 e. The molecule has 1 aliphatic carbocycles. The van der Waals surface area contributed by atoms with Crippen molar-refractivity contribution < 1.29 is 18.0 Å². The maximum absolute atomic E-state index is 13.2. The number of rotatable bonds is 3. The zero-order chi connectivity index (χ0) is 18.9. The number of benzene rings is 1. The van der Waals surface area contributed by atoms with Gasteiger partial charge < -0.3 is 9.88 Å². The van der Waals surface area contributed by atoms with E-state index in [9.17, 15) is 18.0 Å². The number of hydrogen-bond donors (Lipinski definition) is 1. The van der Waals surface area contributed by atoms with Crippen LogP contribution in [0.4, 0.5) is 18.9 Å². The van der Waals surface area contributed by atoms with Crippen molar-refractivity contribution in [3.63, 3.8) is 0 Å². The molecule has 1 aliphatic rings. The molecule has 7 heteroatoms. The molecule has 2 aromatic rings. The van der Waals surface area contributed by atoms with Gasteiger partial charge in [-0.25, -0.2) is 4.98 Å². The number of imidazole rings is 1. The molecule has 0 aliphatic heterocycles. The van der Waals surface area contributed by atoms with E-state index < -0.39 is 17.6 Å². The Kier molecular flexibility index (Phi) is 4.71. The van der Waals surface area contributed by atoms with Crippen molar-refractivity contribution >= 4 is 11.6 Å². The topological polar surface area (TPSA) is 46.9 Å². The SMILES string of the molecule is CC1=CC(C(=O)Nc2cc(-n3ccnc3)cc(C(F)(F)F)c2)=CCC1C. The number of carbonyl (C=O) groups excluding carboxylic acids is 1. The predicted molar refractivity (Wildman–Crippen MR) is 92.8 cm³/mol. The van der Waals surface area contributed by atoms with E-state index in [1.807, 2.05) is 6.92 Å². The lowest BCUT2D eigenvalue weighted by Gasteiger charge is -2.18. The van der Waals surface area contributed by atoms with Crippen LogP contribution in [-0.2, 0) is 11.0 Å². The van der Waals surface area contributed by atoms with Gasteiger partial charge in [0.2, 0.25) is 0 Å². The lowest BCUT2D eigenvalue weighted by molar-refractivity contribution is -0.137. The summed E-state index contributed by atoms with van der Waals surface area (Å²) in [6.45, 7) is 3.99. The fourth-order valence-corrected chi connectivity index (χ4v) is 2.71. The lowest BCUT2D eigenvalue weighted by atomic mass is 9.91. The van der Waals surface area contributed by atoms with Gasteiger partial charge in [-0.1, -0.05) is 24.6 Å². The maximum Gasteiger partial charge on any atom is 0.416 e. The number of carbonyl (C=O) groups is 1. The molecule has 3 rings (SSSR count). The fourth-order valence-electron chi connectivity index (χ4n) is 2.71. The third-order valence-electron chi connectivity index (χ3n) is 4.42. The van der Waals surface area contributed by atoms with Gasteiger partial charge in [0.05, 0.1) is 11.9 Å². The summed E-state index contributed by atoms with van der Waals surface area (Å²) in [5, 5.41) is 2.58. The Morgan fingerprint density at radius 1 is 1.31 bits per heavy atom. The van der Waals surface area contributed by atoms with Crippen LogP contribution in [-0.4, -0.2) is 15.5 Å². The van der Waals surface area contributed by atoms with E-state index >= 15 is 0 Å². The molecule has 1 heterocycles. The number of aromatic nitrogens is 2. The molecule has 0 saturated carbocycles. The van der Waals surface area contributed by atoms with Crippen LogP contribution in [0.2, 0.25) is 0 Å². The van der Waals surface area contributed by atoms with Gasteiger partial charge in [-0.3, -0.25) is 4.79 Å². The third kappa shape index (κ3) is 3.87. The number of halogens is 3. The Morgan fingerprint density at radius 2 is 2.08 bits per heavy atom. The minimum absolute atomic E-state index is 0.0825. The van der Waals surface area contributed by atoms with Gasteiger partial charge >= 0.3 is 6.18 Å². The highest BCUT2D eigenvalue weighted by Crippen LogP contribution is 2.33. The van der Waals surface area contributed by atoms with Crippen LogP contribution in [0, 0.1) is 5.92 Å². The van der Waals surface area contributed by atoms with Gasteiger partial charge in [-0.15, -0.1) is 0 Å². The van der Waals surface area contributed by atoms with Crippen LogP contribution in [0.5, 0.6) is 0 Å². The number of amides is 1. The molecule has 0 saturated heterocycles. The molecule has 26 heavy (non-hydrogen) atoms. The average molecular weight is 361 g/mol. The molecule has 1 N–H and O–H groups in total. The number of allylic oxidation sites excluding steroid dienone is 2. The molecule has 1 aromatic carbocycles. The molecular weight excluding hydrogens is 343 g/mol. The standard InChI is InChI=1S/C19H18F3N3O/c1-12-3-4-14(7-13(12)2)18(26)24-16-8-15(19(20,21)22)9-17(10-16)25-6-5-23-11-25/h4-12H,3H2,1-2H3,(H,24,26). The second-order valence-corrected chi connectivity index (χ2v) is 6.37. The highest BCUT2D eigenvalue weighted by Gasteiger charge is 2.31. The zero-order valence-corrected chi connectivity index (χ0v) is 14.3. The Morgan fingerprint density at radius 3 is 2.69 bits per heavy atom. The van der Waals surface area contributed by atoms with Crippen LogP contribution in [0.25, 0.3) is 5.69 Å². The molecule has 0 bridgehead atoms. The van der Waals surface area contributed by atoms with E-state index in [-0.39, 0.29) is 11.4 Å². The summed E-state index contributed by atoms with van der Waals surface area (Å²) in [5.74, 6) is -0.0693. The van der Waals surface area contributed by atoms with Gasteiger partial charge in [-0.05, 0) is 37.5 Å². The molecule has 1 atom stereocenters. The molecule has 1 amide bonds. The van der Waals surface area contributed by atoms with Crippen LogP contribution in [0.1, 0.15) is 25.8 Å². The van der Waals surface area contributed by atoms with Crippen molar-refractivity contribution in [1.29, 1.82) is 0 Å². The number of hydrogen-bond acceptors (Lipinski definition) is 2. The third-order valence-corrected chi connectivity index (χ3v) is 4.42. The van der Waals surface area contributed by atoms with E-state index in [1.54, 1.807) is 12.2 Å². The molecule has 4 nitrogen and oxygen atoms in total. The van der Waals surface area contributed by atoms with Crippen molar-refractivity contribution in [2.24, 2.45) is 5.92 Å². The summed E-state index contributed by atoms with van der Waals surface area (Å²) in [6.07, 6.45) is 4.20. The molecule has 0 fully saturated rings. The summed E-state index contributed by atoms with van der Waals surface area (Å²) in [4.78, 5) is 16.3. The van der Waals surface area contributed by atoms with Crippen molar-refractivity contribution in [3.8, 4) is 5.69 Å². The predicted octanol–water partition coefficient (Wildman–Crippen LogP) is 4.74. The minimum atomic E-state index is -4.52. The summed E-state index contributed by atoms with van der Waals surface area (Å²) in [7, 11) is 0. The molecule has 1 unspecified atom stereocenters. The first-order valence-electron chi connectivity index (χ1n) is 8.14. The second kappa shape index (κ2) is 6.82. The van der Waals surface area contributed by atoms with Crippen LogP contribution in [0.15, 0.2) is 60.2 Å². The van der Waals surface area contributed by atoms with E-state index in [2.05, 4.69) is 17.2 Å². The second-order valence-electron chi connectivity index (χ2n) is 6.37. The average Bonchev–Trinajstić information content (AvgIpc) is 3.11. The first-order chi connectivity index (χ1) is 12.2. The van der Waals surface area contributed by atoms with E-state index in [0.717, 1.165) is 24.1 Å². The van der Waals surface area contributed by atoms with Gasteiger partial charge in [-0.2, -0.15) is 13.2 Å². The summed E-state index contributed by atoms with van der Waals surface area (Å²) >= 11 is 0. The Bertz CT molecular complexity index is 880. The normalized spacial score (nSPS) is 17.5. The lowest BCUT2D eigenvalue weighted by Crippen LogP contribution is -2.17. The summed E-state index contributed by atoms with van der Waals surface area (Å²) < 4.78 is 41.1. The van der Waals surface area contributed by atoms with Gasteiger partial charge in [0.15, 0.2) is 0 Å². The van der Waals surface area contributed by atoms with Crippen LogP contribution in [0.3, 0.4) is 0 Å². The highest BCUT2D eigenvalue weighted by atomic mass is 19.4.